The summed E-state index contributed by atoms with van der Waals surface area (Å²) in [5, 5.41) is 2.77. The summed E-state index contributed by atoms with van der Waals surface area (Å²) in [7, 11) is 1.97. The van der Waals surface area contributed by atoms with Crippen molar-refractivity contribution in [3.8, 4) is 0 Å². The summed E-state index contributed by atoms with van der Waals surface area (Å²) in [5.74, 6) is -2.65. The molecule has 0 heterocycles. The molecule has 1 N–H and O–H groups in total. The van der Waals surface area contributed by atoms with Crippen molar-refractivity contribution in [3.63, 3.8) is 0 Å². The molecule has 0 atom stereocenters. The van der Waals surface area contributed by atoms with Gasteiger partial charge in [-0.15, -0.1) is 0 Å². The number of hydrogen-bond acceptors (Lipinski definition) is 3. The first-order chi connectivity index (χ1) is 11.1. The number of rotatable bonds is 6. The molecular weight excluding hydrogens is 318 g/mol. The van der Waals surface area contributed by atoms with Crippen LogP contribution in [-0.4, -0.2) is 36.2 Å². The van der Waals surface area contributed by atoms with E-state index < -0.39 is 5.76 Å². The lowest BCUT2D eigenvalue weighted by Crippen LogP contribution is -2.37. The number of hydrogen-bond donors (Lipinski definition) is 1. The van der Waals surface area contributed by atoms with Crippen molar-refractivity contribution in [2.24, 2.45) is 0 Å². The Labute approximate surface area is 140 Å². The van der Waals surface area contributed by atoms with Gasteiger partial charge in [-0.2, -0.15) is 8.78 Å². The Hall–Kier alpha value is -1.14. The van der Waals surface area contributed by atoms with E-state index in [0.717, 1.165) is 12.8 Å². The highest BCUT2D eigenvalue weighted by atomic mass is 32.2. The van der Waals surface area contributed by atoms with Crippen LogP contribution in [0.25, 0.3) is 0 Å². The third-order valence-corrected chi connectivity index (χ3v) is 5.01. The molecule has 1 aromatic carbocycles. The first kappa shape index (κ1) is 18.2. The summed E-state index contributed by atoms with van der Waals surface area (Å²) in [6.07, 6.45) is 7.22. The van der Waals surface area contributed by atoms with Crippen LogP contribution in [-0.2, 0) is 4.79 Å². The lowest BCUT2D eigenvalue weighted by atomic mass is 10.1. The molecule has 6 heteroatoms. The van der Waals surface area contributed by atoms with Crippen LogP contribution in [0.4, 0.5) is 14.5 Å². The van der Waals surface area contributed by atoms with E-state index in [-0.39, 0.29) is 5.91 Å². The Morgan fingerprint density at radius 1 is 1.26 bits per heavy atom. The zero-order chi connectivity index (χ0) is 16.7. The number of thioether (sulfide) groups is 1. The fourth-order valence-electron chi connectivity index (χ4n) is 3.01. The van der Waals surface area contributed by atoms with Gasteiger partial charge in [0.05, 0.1) is 12.2 Å². The Morgan fingerprint density at radius 3 is 2.57 bits per heavy atom. The van der Waals surface area contributed by atoms with Crippen molar-refractivity contribution >= 4 is 23.4 Å². The molecule has 0 aromatic heterocycles. The average molecular weight is 342 g/mol. The molecule has 0 bridgehead atoms. The van der Waals surface area contributed by atoms with Crippen molar-refractivity contribution < 1.29 is 13.6 Å². The molecule has 0 saturated heterocycles. The Bertz CT molecular complexity index is 505. The lowest BCUT2D eigenvalue weighted by molar-refractivity contribution is -0.117. The molecular formula is C17H24F2N2OS. The number of carbonyl (C=O) groups excluding carboxylic acids is 1. The summed E-state index contributed by atoms with van der Waals surface area (Å²) < 4.78 is 25.1. The van der Waals surface area contributed by atoms with Crippen molar-refractivity contribution in [1.29, 1.82) is 0 Å². The second kappa shape index (κ2) is 9.23. The Kier molecular flexibility index (Phi) is 7.30. The van der Waals surface area contributed by atoms with Gasteiger partial charge in [-0.05, 0) is 32.0 Å². The molecule has 1 fully saturated rings. The minimum atomic E-state index is -2.50. The third kappa shape index (κ3) is 6.11. The third-order valence-electron chi connectivity index (χ3n) is 4.22. The van der Waals surface area contributed by atoms with Gasteiger partial charge in [0.25, 0.3) is 5.76 Å². The summed E-state index contributed by atoms with van der Waals surface area (Å²) in [4.78, 5) is 14.7. The first-order valence-electron chi connectivity index (χ1n) is 8.10. The van der Waals surface area contributed by atoms with Gasteiger partial charge in [0, 0.05) is 10.9 Å². The molecule has 0 radical (unpaired) electrons. The quantitative estimate of drug-likeness (QED) is 0.606. The van der Waals surface area contributed by atoms with Gasteiger partial charge in [0.15, 0.2) is 0 Å². The summed E-state index contributed by atoms with van der Waals surface area (Å²) in [6.45, 7) is 0.290. The van der Waals surface area contributed by atoms with Crippen LogP contribution in [0.15, 0.2) is 29.2 Å². The Morgan fingerprint density at radius 2 is 1.91 bits per heavy atom. The maximum atomic E-state index is 12.6. The summed E-state index contributed by atoms with van der Waals surface area (Å²) >= 11 is 0.455. The molecule has 1 aliphatic rings. The molecule has 0 aliphatic heterocycles. The highest BCUT2D eigenvalue weighted by Gasteiger charge is 2.19. The highest BCUT2D eigenvalue weighted by Crippen LogP contribution is 2.31. The van der Waals surface area contributed by atoms with Gasteiger partial charge >= 0.3 is 0 Å². The number of nitrogens with zero attached hydrogens (tertiary/aromatic N) is 1. The fraction of sp³-hybridized carbons (Fsp3) is 0.588. The maximum absolute atomic E-state index is 12.6. The minimum Gasteiger partial charge on any atom is -0.324 e. The topological polar surface area (TPSA) is 32.3 Å². The molecule has 3 nitrogen and oxygen atoms in total. The van der Waals surface area contributed by atoms with Crippen LogP contribution < -0.4 is 5.32 Å². The van der Waals surface area contributed by atoms with E-state index >= 15 is 0 Å². The number of likely N-dealkylation sites (N-methyl/N-ethyl adjacent to an activating group) is 1. The summed E-state index contributed by atoms with van der Waals surface area (Å²) in [5.41, 5.74) is 0.456. The fourth-order valence-corrected chi connectivity index (χ4v) is 3.61. The van der Waals surface area contributed by atoms with Crippen molar-refractivity contribution in [2.75, 3.05) is 18.9 Å². The number of benzene rings is 1. The lowest BCUT2D eigenvalue weighted by Gasteiger charge is -2.26. The molecule has 23 heavy (non-hydrogen) atoms. The predicted octanol–water partition coefficient (Wildman–Crippen LogP) is 4.59. The van der Waals surface area contributed by atoms with Crippen LogP contribution in [0, 0.1) is 0 Å². The number of para-hydroxylation sites is 1. The largest absolute Gasteiger partial charge is 0.324 e. The zero-order valence-corrected chi connectivity index (χ0v) is 14.2. The number of carbonyl (C=O) groups is 1. The van der Waals surface area contributed by atoms with Crippen molar-refractivity contribution in [3.05, 3.63) is 24.3 Å². The van der Waals surface area contributed by atoms with E-state index in [1.54, 1.807) is 24.3 Å². The van der Waals surface area contributed by atoms with Crippen LogP contribution in [0.3, 0.4) is 0 Å². The van der Waals surface area contributed by atoms with E-state index in [1.165, 1.54) is 25.7 Å². The molecule has 1 saturated carbocycles. The molecule has 2 rings (SSSR count). The number of halogens is 2. The van der Waals surface area contributed by atoms with E-state index in [2.05, 4.69) is 10.2 Å². The number of anilines is 1. The zero-order valence-electron chi connectivity index (χ0n) is 13.4. The van der Waals surface area contributed by atoms with E-state index in [9.17, 15) is 13.6 Å². The van der Waals surface area contributed by atoms with Crippen molar-refractivity contribution in [1.82, 2.24) is 4.90 Å². The second-order valence-corrected chi connectivity index (χ2v) is 7.02. The van der Waals surface area contributed by atoms with Crippen LogP contribution >= 0.6 is 11.8 Å². The number of amides is 1. The standard InChI is InChI=1S/C17H24F2N2OS/c1-21(13-8-4-2-3-5-9-13)12-16(22)20-14-10-6-7-11-15(14)23-17(18)19/h6-7,10-11,13,17H,2-5,8-9,12H2,1H3,(H,20,22). The monoisotopic (exact) mass is 342 g/mol. The van der Waals surface area contributed by atoms with Crippen LogP contribution in [0.5, 0.6) is 0 Å². The maximum Gasteiger partial charge on any atom is 0.288 e. The molecule has 0 unspecified atom stereocenters. The van der Waals surface area contributed by atoms with Crippen LogP contribution in [0.1, 0.15) is 38.5 Å². The molecule has 128 valence electrons. The first-order valence-corrected chi connectivity index (χ1v) is 8.98. The van der Waals surface area contributed by atoms with E-state index in [0.29, 0.717) is 34.9 Å². The van der Waals surface area contributed by atoms with E-state index in [4.69, 9.17) is 0 Å². The van der Waals surface area contributed by atoms with Gasteiger partial charge in [0.2, 0.25) is 5.91 Å². The highest BCUT2D eigenvalue weighted by molar-refractivity contribution is 7.99. The van der Waals surface area contributed by atoms with E-state index in [1.807, 2.05) is 7.05 Å². The van der Waals surface area contributed by atoms with Gasteiger partial charge in [-0.1, -0.05) is 49.6 Å². The number of nitrogens with one attached hydrogen (secondary N) is 1. The van der Waals surface area contributed by atoms with Gasteiger partial charge in [0.1, 0.15) is 0 Å². The second-order valence-electron chi connectivity index (χ2n) is 5.98. The SMILES string of the molecule is CN(CC(=O)Nc1ccccc1SC(F)F)C1CCCCCC1. The predicted molar refractivity (Wildman–Crippen MR) is 91.1 cm³/mol. The summed E-state index contributed by atoms with van der Waals surface area (Å²) in [6, 6.07) is 7.13. The molecule has 1 amide bonds. The van der Waals surface area contributed by atoms with Crippen LogP contribution in [0.2, 0.25) is 0 Å². The number of alkyl halides is 2. The molecule has 1 aromatic rings. The van der Waals surface area contributed by atoms with Gasteiger partial charge < -0.3 is 5.32 Å². The smallest absolute Gasteiger partial charge is 0.288 e. The van der Waals surface area contributed by atoms with Gasteiger partial charge in [-0.3, -0.25) is 9.69 Å². The van der Waals surface area contributed by atoms with Crippen molar-refractivity contribution in [2.45, 2.75) is 55.2 Å². The molecule has 0 spiro atoms. The minimum absolute atomic E-state index is 0.154. The molecule has 1 aliphatic carbocycles. The Balaban J connectivity index is 1.91. The van der Waals surface area contributed by atoms with Gasteiger partial charge in [-0.25, -0.2) is 0 Å². The average Bonchev–Trinajstić information content (AvgIpc) is 2.78. The normalized spacial score (nSPS) is 16.6.